The molecule has 0 aromatic carbocycles. The number of ether oxygens (including phenoxy) is 1. The minimum atomic E-state index is -0.345. The van der Waals surface area contributed by atoms with Crippen LogP contribution >= 0.6 is 0 Å². The third-order valence-corrected chi connectivity index (χ3v) is 1.05. The van der Waals surface area contributed by atoms with Gasteiger partial charge in [0.05, 0.1) is 6.61 Å². The van der Waals surface area contributed by atoms with Crippen molar-refractivity contribution in [3.8, 4) is 0 Å². The van der Waals surface area contributed by atoms with Crippen molar-refractivity contribution < 1.29 is 9.53 Å². The van der Waals surface area contributed by atoms with Crippen molar-refractivity contribution in [1.29, 1.82) is 0 Å². The smallest absolute Gasteiger partial charge is 0.333 e. The quantitative estimate of drug-likeness (QED) is 0.194. The van der Waals surface area contributed by atoms with Crippen LogP contribution in [0.4, 0.5) is 0 Å². The molecule has 11 heavy (non-hydrogen) atoms. The summed E-state index contributed by atoms with van der Waals surface area (Å²) >= 11 is 0. The Morgan fingerprint density at radius 1 is 1.73 bits per heavy atom. The maximum absolute atomic E-state index is 10.7. The zero-order chi connectivity index (χ0) is 8.69. The molecule has 0 radical (unpaired) electrons. The van der Waals surface area contributed by atoms with Crippen LogP contribution in [0, 0.1) is 0 Å². The van der Waals surface area contributed by atoms with Crippen LogP contribution in [0.3, 0.4) is 0 Å². The van der Waals surface area contributed by atoms with E-state index >= 15 is 0 Å². The molecule has 0 aliphatic rings. The molecule has 0 saturated heterocycles. The number of carbonyl (C=O) groups is 1. The Bertz CT molecular complexity index is 145. The minimum Gasteiger partial charge on any atom is -0.462 e. The van der Waals surface area contributed by atoms with Gasteiger partial charge in [-0.1, -0.05) is 6.58 Å². The van der Waals surface area contributed by atoms with Crippen molar-refractivity contribution in [2.75, 3.05) is 13.2 Å². The molecule has 3 N–H and O–H groups in total. The van der Waals surface area contributed by atoms with Gasteiger partial charge in [-0.05, 0) is 13.3 Å². The highest BCUT2D eigenvalue weighted by molar-refractivity contribution is 5.86. The van der Waals surface area contributed by atoms with E-state index in [1.807, 2.05) is 0 Å². The van der Waals surface area contributed by atoms with Crippen molar-refractivity contribution in [3.05, 3.63) is 12.2 Å². The van der Waals surface area contributed by atoms with Gasteiger partial charge in [0, 0.05) is 12.1 Å². The average molecular weight is 158 g/mol. The molecule has 0 aromatic heterocycles. The Labute approximate surface area is 66.4 Å². The van der Waals surface area contributed by atoms with Crippen molar-refractivity contribution >= 4 is 5.97 Å². The number of hydrogen-bond donors (Lipinski definition) is 2. The summed E-state index contributed by atoms with van der Waals surface area (Å²) in [5.74, 6) is 4.65. The fraction of sp³-hybridized carbons (Fsp3) is 0.571. The van der Waals surface area contributed by atoms with Gasteiger partial charge in [-0.25, -0.2) is 4.79 Å². The Balaban J connectivity index is 3.25. The van der Waals surface area contributed by atoms with E-state index in [1.54, 1.807) is 6.92 Å². The lowest BCUT2D eigenvalue weighted by atomic mass is 10.4. The zero-order valence-corrected chi connectivity index (χ0v) is 6.72. The lowest BCUT2D eigenvalue weighted by molar-refractivity contribution is -0.139. The summed E-state index contributed by atoms with van der Waals surface area (Å²) in [4.78, 5) is 10.7. The molecule has 0 saturated carbocycles. The number of hydrogen-bond acceptors (Lipinski definition) is 4. The van der Waals surface area contributed by atoms with E-state index < -0.39 is 0 Å². The van der Waals surface area contributed by atoms with Crippen LogP contribution in [0.2, 0.25) is 0 Å². The number of nitrogens with one attached hydrogen (secondary N) is 1. The van der Waals surface area contributed by atoms with Crippen LogP contribution in [0.5, 0.6) is 0 Å². The van der Waals surface area contributed by atoms with Gasteiger partial charge in [0.15, 0.2) is 0 Å². The fourth-order valence-corrected chi connectivity index (χ4v) is 0.462. The summed E-state index contributed by atoms with van der Waals surface area (Å²) in [5, 5.41) is 0. The largest absolute Gasteiger partial charge is 0.462 e. The maximum Gasteiger partial charge on any atom is 0.333 e. The van der Waals surface area contributed by atoms with E-state index in [9.17, 15) is 4.79 Å². The third-order valence-electron chi connectivity index (χ3n) is 1.05. The van der Waals surface area contributed by atoms with E-state index in [2.05, 4.69) is 12.0 Å². The molecular weight excluding hydrogens is 144 g/mol. The molecule has 0 spiro atoms. The van der Waals surface area contributed by atoms with Gasteiger partial charge in [-0.3, -0.25) is 11.3 Å². The van der Waals surface area contributed by atoms with Gasteiger partial charge in [-0.2, -0.15) is 0 Å². The topological polar surface area (TPSA) is 64.3 Å². The maximum atomic E-state index is 10.7. The number of carbonyl (C=O) groups excluding carboxylic acids is 1. The van der Waals surface area contributed by atoms with Gasteiger partial charge in [0.25, 0.3) is 0 Å². The number of nitrogens with two attached hydrogens (primary N) is 1. The first-order valence-corrected chi connectivity index (χ1v) is 3.44. The summed E-state index contributed by atoms with van der Waals surface area (Å²) in [6, 6.07) is 0. The molecule has 0 rings (SSSR count). The third kappa shape index (κ3) is 5.57. The summed E-state index contributed by atoms with van der Waals surface area (Å²) in [7, 11) is 0. The van der Waals surface area contributed by atoms with E-state index in [-0.39, 0.29) is 5.97 Å². The van der Waals surface area contributed by atoms with Crippen molar-refractivity contribution in [2.45, 2.75) is 13.3 Å². The molecule has 64 valence electrons. The highest BCUT2D eigenvalue weighted by Crippen LogP contribution is 1.92. The van der Waals surface area contributed by atoms with Gasteiger partial charge in [0.2, 0.25) is 0 Å². The number of hydrazine groups is 1. The molecular formula is C7H14N2O2. The highest BCUT2D eigenvalue weighted by atomic mass is 16.5. The van der Waals surface area contributed by atoms with Gasteiger partial charge in [-0.15, -0.1) is 0 Å². The second-order valence-electron chi connectivity index (χ2n) is 2.22. The van der Waals surface area contributed by atoms with Crippen LogP contribution in [-0.4, -0.2) is 19.1 Å². The Kier molecular flexibility index (Phi) is 5.42. The predicted molar refractivity (Wildman–Crippen MR) is 42.6 cm³/mol. The summed E-state index contributed by atoms with van der Waals surface area (Å²) in [5.41, 5.74) is 2.88. The van der Waals surface area contributed by atoms with Crippen LogP contribution in [0.15, 0.2) is 12.2 Å². The lowest BCUT2D eigenvalue weighted by Gasteiger charge is -2.02. The molecule has 0 amide bonds. The minimum absolute atomic E-state index is 0.345. The molecule has 4 heteroatoms. The average Bonchev–Trinajstić information content (AvgIpc) is 1.97. The highest BCUT2D eigenvalue weighted by Gasteiger charge is 2.00. The molecule has 0 aliphatic carbocycles. The molecule has 0 heterocycles. The van der Waals surface area contributed by atoms with Crippen molar-refractivity contribution in [3.63, 3.8) is 0 Å². The van der Waals surface area contributed by atoms with Crippen LogP contribution in [0.25, 0.3) is 0 Å². The molecule has 0 bridgehead atoms. The first-order valence-electron chi connectivity index (χ1n) is 3.44. The van der Waals surface area contributed by atoms with Crippen LogP contribution in [-0.2, 0) is 9.53 Å². The Morgan fingerprint density at radius 3 is 2.82 bits per heavy atom. The SMILES string of the molecule is C=C(C)C(=O)OCCCNN. The van der Waals surface area contributed by atoms with Crippen molar-refractivity contribution in [2.24, 2.45) is 5.84 Å². The number of esters is 1. The molecule has 4 nitrogen and oxygen atoms in total. The zero-order valence-electron chi connectivity index (χ0n) is 6.72. The van der Waals surface area contributed by atoms with E-state index in [0.29, 0.717) is 18.7 Å². The first kappa shape index (κ1) is 10.1. The monoisotopic (exact) mass is 158 g/mol. The van der Waals surface area contributed by atoms with Gasteiger partial charge in [0.1, 0.15) is 0 Å². The molecule has 0 unspecified atom stereocenters. The van der Waals surface area contributed by atoms with Crippen molar-refractivity contribution in [1.82, 2.24) is 5.43 Å². The molecule has 0 fully saturated rings. The summed E-state index contributed by atoms with van der Waals surface area (Å²) in [6.45, 7) is 6.08. The first-order chi connectivity index (χ1) is 5.18. The second kappa shape index (κ2) is 5.88. The molecule has 0 atom stereocenters. The summed E-state index contributed by atoms with van der Waals surface area (Å²) in [6.07, 6.45) is 0.718. The normalized spacial score (nSPS) is 9.27. The fourth-order valence-electron chi connectivity index (χ4n) is 0.462. The Hall–Kier alpha value is -0.870. The van der Waals surface area contributed by atoms with E-state index in [1.165, 1.54) is 0 Å². The van der Waals surface area contributed by atoms with Gasteiger partial charge >= 0.3 is 5.97 Å². The van der Waals surface area contributed by atoms with E-state index in [4.69, 9.17) is 10.6 Å². The molecule has 0 aromatic rings. The second-order valence-corrected chi connectivity index (χ2v) is 2.22. The van der Waals surface area contributed by atoms with E-state index in [0.717, 1.165) is 6.42 Å². The van der Waals surface area contributed by atoms with Crippen LogP contribution < -0.4 is 11.3 Å². The molecule has 0 aliphatic heterocycles. The Morgan fingerprint density at radius 2 is 2.36 bits per heavy atom. The predicted octanol–water partition coefficient (Wildman–Crippen LogP) is -0.0409. The lowest BCUT2D eigenvalue weighted by Crippen LogP contribution is -2.24. The summed E-state index contributed by atoms with van der Waals surface area (Å²) < 4.78 is 4.77. The standard InChI is InChI=1S/C7H14N2O2/c1-6(2)7(10)11-5-3-4-9-8/h9H,1,3-5,8H2,2H3. The van der Waals surface area contributed by atoms with Crippen LogP contribution in [0.1, 0.15) is 13.3 Å². The number of rotatable bonds is 5. The van der Waals surface area contributed by atoms with Gasteiger partial charge < -0.3 is 4.74 Å².